The Balaban J connectivity index is 2.12. The van der Waals surface area contributed by atoms with E-state index in [-0.39, 0.29) is 17.1 Å². The van der Waals surface area contributed by atoms with Gasteiger partial charge in [-0.1, -0.05) is 11.6 Å². The van der Waals surface area contributed by atoms with Gasteiger partial charge >= 0.3 is 0 Å². The van der Waals surface area contributed by atoms with E-state index in [9.17, 15) is 13.2 Å². The van der Waals surface area contributed by atoms with E-state index in [0.717, 1.165) is 12.1 Å². The highest BCUT2D eigenvalue weighted by molar-refractivity contribution is 6.30. The van der Waals surface area contributed by atoms with Crippen LogP contribution < -0.4 is 5.32 Å². The Labute approximate surface area is 112 Å². The summed E-state index contributed by atoms with van der Waals surface area (Å²) in [4.78, 5) is 0. The highest BCUT2D eigenvalue weighted by Gasteiger charge is 2.09. The van der Waals surface area contributed by atoms with E-state index in [1.54, 1.807) is 6.07 Å². The van der Waals surface area contributed by atoms with Gasteiger partial charge in [0, 0.05) is 12.2 Å². The molecule has 0 radical (unpaired) electrons. The quantitative estimate of drug-likeness (QED) is 0.892. The molecule has 2 nitrogen and oxygen atoms in total. The number of rotatable bonds is 3. The van der Waals surface area contributed by atoms with Crippen LogP contribution in [0.4, 0.5) is 18.9 Å². The zero-order valence-corrected chi connectivity index (χ0v) is 10.3. The van der Waals surface area contributed by atoms with E-state index in [0.29, 0.717) is 5.69 Å². The smallest absolute Gasteiger partial charge is 0.187 e. The molecule has 19 heavy (non-hydrogen) atoms. The lowest BCUT2D eigenvalue weighted by molar-refractivity contribution is 0.395. The summed E-state index contributed by atoms with van der Waals surface area (Å²) in [5.41, 5.74) is 0.707. The van der Waals surface area contributed by atoms with Crippen LogP contribution in [-0.2, 0) is 6.54 Å². The fraction of sp³-hybridized carbons (Fsp3) is 0.0769. The van der Waals surface area contributed by atoms with Gasteiger partial charge in [0.15, 0.2) is 17.4 Å². The van der Waals surface area contributed by atoms with Crippen LogP contribution in [0.2, 0.25) is 5.02 Å². The van der Waals surface area contributed by atoms with Crippen molar-refractivity contribution in [1.82, 2.24) is 0 Å². The highest BCUT2D eigenvalue weighted by Crippen LogP contribution is 2.23. The summed E-state index contributed by atoms with van der Waals surface area (Å²) in [7, 11) is 0. The minimum atomic E-state index is -1.04. The molecular weight excluding hydrogens is 279 g/mol. The first kappa shape index (κ1) is 13.5. The molecule has 0 heterocycles. The summed E-state index contributed by atoms with van der Waals surface area (Å²) < 4.78 is 39.3. The third-order valence-corrected chi connectivity index (χ3v) is 2.80. The van der Waals surface area contributed by atoms with Crippen molar-refractivity contribution in [3.8, 4) is 5.75 Å². The molecule has 0 aliphatic rings. The second-order valence-corrected chi connectivity index (χ2v) is 4.30. The molecule has 0 spiro atoms. The van der Waals surface area contributed by atoms with Crippen molar-refractivity contribution < 1.29 is 18.3 Å². The highest BCUT2D eigenvalue weighted by atomic mass is 35.5. The Hall–Kier alpha value is -1.88. The van der Waals surface area contributed by atoms with Crippen LogP contribution in [0.5, 0.6) is 5.75 Å². The van der Waals surface area contributed by atoms with E-state index >= 15 is 0 Å². The first-order valence-electron chi connectivity index (χ1n) is 5.33. The second kappa shape index (κ2) is 5.40. The van der Waals surface area contributed by atoms with Crippen LogP contribution in [0.3, 0.4) is 0 Å². The molecule has 0 bridgehead atoms. The van der Waals surface area contributed by atoms with Gasteiger partial charge in [0.05, 0.1) is 5.02 Å². The zero-order chi connectivity index (χ0) is 14.0. The van der Waals surface area contributed by atoms with Crippen molar-refractivity contribution in [1.29, 1.82) is 0 Å². The number of hydrogen-bond donors (Lipinski definition) is 2. The summed E-state index contributed by atoms with van der Waals surface area (Å²) in [5.74, 6) is -3.69. The molecule has 0 saturated carbocycles. The van der Waals surface area contributed by atoms with Crippen LogP contribution in [0.25, 0.3) is 0 Å². The monoisotopic (exact) mass is 287 g/mol. The number of halogens is 4. The lowest BCUT2D eigenvalue weighted by atomic mass is 10.2. The molecule has 0 aliphatic carbocycles. The third kappa shape index (κ3) is 3.12. The molecule has 0 fully saturated rings. The van der Waals surface area contributed by atoms with E-state index in [1.165, 1.54) is 12.1 Å². The molecular formula is C13H9ClF3NO. The molecule has 2 N–H and O–H groups in total. The Bertz CT molecular complexity index is 596. The van der Waals surface area contributed by atoms with Crippen LogP contribution >= 0.6 is 11.6 Å². The molecule has 0 atom stereocenters. The molecule has 2 rings (SSSR count). The number of hydrogen-bond acceptors (Lipinski definition) is 2. The fourth-order valence-corrected chi connectivity index (χ4v) is 1.65. The summed E-state index contributed by atoms with van der Waals surface area (Å²) in [5, 5.41) is 11.7. The first-order chi connectivity index (χ1) is 8.97. The Kier molecular flexibility index (Phi) is 3.85. The topological polar surface area (TPSA) is 32.3 Å². The van der Waals surface area contributed by atoms with Gasteiger partial charge in [-0.15, -0.1) is 0 Å². The molecule has 0 amide bonds. The second-order valence-electron chi connectivity index (χ2n) is 3.89. The van der Waals surface area contributed by atoms with Crippen molar-refractivity contribution in [2.45, 2.75) is 6.54 Å². The van der Waals surface area contributed by atoms with Gasteiger partial charge in [0.25, 0.3) is 0 Å². The SMILES string of the molecule is Oc1c(F)cc(CNc2ccc(Cl)c(F)c2)cc1F. The fourth-order valence-electron chi connectivity index (χ4n) is 1.53. The molecule has 6 heteroatoms. The lowest BCUT2D eigenvalue weighted by Crippen LogP contribution is -2.01. The summed E-state index contributed by atoms with van der Waals surface area (Å²) in [6, 6.07) is 6.08. The van der Waals surface area contributed by atoms with Gasteiger partial charge in [0.1, 0.15) is 5.82 Å². The summed E-state index contributed by atoms with van der Waals surface area (Å²) in [6.07, 6.45) is 0. The van der Waals surface area contributed by atoms with Crippen LogP contribution in [0.15, 0.2) is 30.3 Å². The molecule has 2 aromatic rings. The Morgan fingerprint density at radius 2 is 1.63 bits per heavy atom. The molecule has 0 saturated heterocycles. The predicted octanol–water partition coefficient (Wildman–Crippen LogP) is 4.08. The van der Waals surface area contributed by atoms with Gasteiger partial charge in [-0.3, -0.25) is 0 Å². The number of benzene rings is 2. The molecule has 0 aromatic heterocycles. The minimum Gasteiger partial charge on any atom is -0.503 e. The Morgan fingerprint density at radius 3 is 2.21 bits per heavy atom. The van der Waals surface area contributed by atoms with Crippen molar-refractivity contribution >= 4 is 17.3 Å². The van der Waals surface area contributed by atoms with Crippen LogP contribution in [-0.4, -0.2) is 5.11 Å². The van der Waals surface area contributed by atoms with Crippen LogP contribution in [0, 0.1) is 17.5 Å². The maximum Gasteiger partial charge on any atom is 0.187 e. The normalized spacial score (nSPS) is 10.5. The standard InChI is InChI=1S/C13H9ClF3NO/c14-9-2-1-8(5-10(9)15)18-6-7-3-11(16)13(19)12(17)4-7/h1-5,18-19H,6H2. The van der Waals surface area contributed by atoms with Gasteiger partial charge in [-0.25, -0.2) is 13.2 Å². The van der Waals surface area contributed by atoms with Gasteiger partial charge in [-0.2, -0.15) is 0 Å². The van der Waals surface area contributed by atoms with Gasteiger partial charge < -0.3 is 10.4 Å². The average Bonchev–Trinajstić information content (AvgIpc) is 2.37. The van der Waals surface area contributed by atoms with E-state index in [2.05, 4.69) is 5.32 Å². The van der Waals surface area contributed by atoms with Crippen molar-refractivity contribution in [3.63, 3.8) is 0 Å². The van der Waals surface area contributed by atoms with Crippen molar-refractivity contribution in [3.05, 3.63) is 58.4 Å². The van der Waals surface area contributed by atoms with Gasteiger partial charge in [-0.05, 0) is 35.9 Å². The van der Waals surface area contributed by atoms with Crippen molar-refractivity contribution in [2.75, 3.05) is 5.32 Å². The minimum absolute atomic E-state index is 0.00716. The maximum atomic E-state index is 13.2. The number of phenolic OH excluding ortho intramolecular Hbond substituents is 1. The Morgan fingerprint density at radius 1 is 1.00 bits per heavy atom. The van der Waals surface area contributed by atoms with E-state index < -0.39 is 23.2 Å². The number of anilines is 1. The summed E-state index contributed by atoms with van der Waals surface area (Å²) in [6.45, 7) is 0.0786. The third-order valence-electron chi connectivity index (χ3n) is 2.49. The molecule has 0 aliphatic heterocycles. The zero-order valence-electron chi connectivity index (χ0n) is 9.55. The van der Waals surface area contributed by atoms with Gasteiger partial charge in [0.2, 0.25) is 0 Å². The maximum absolute atomic E-state index is 13.2. The number of phenols is 1. The van der Waals surface area contributed by atoms with E-state index in [4.69, 9.17) is 16.7 Å². The van der Waals surface area contributed by atoms with Crippen LogP contribution in [0.1, 0.15) is 5.56 Å². The number of aromatic hydroxyl groups is 1. The molecule has 0 unspecified atom stereocenters. The largest absolute Gasteiger partial charge is 0.503 e. The summed E-state index contributed by atoms with van der Waals surface area (Å²) >= 11 is 5.53. The lowest BCUT2D eigenvalue weighted by Gasteiger charge is -2.08. The predicted molar refractivity (Wildman–Crippen MR) is 66.8 cm³/mol. The average molecular weight is 288 g/mol. The first-order valence-corrected chi connectivity index (χ1v) is 5.71. The molecule has 2 aromatic carbocycles. The molecule has 100 valence electrons. The number of nitrogens with one attached hydrogen (secondary N) is 1. The van der Waals surface area contributed by atoms with E-state index in [1.807, 2.05) is 0 Å². The van der Waals surface area contributed by atoms with Crippen molar-refractivity contribution in [2.24, 2.45) is 0 Å².